The molecule has 13 nitrogen and oxygen atoms in total. The minimum atomic E-state index is -1.20. The van der Waals surface area contributed by atoms with Crippen LogP contribution in [0.3, 0.4) is 0 Å². The Morgan fingerprint density at radius 2 is 1.23 bits per heavy atom. The van der Waals surface area contributed by atoms with Crippen LogP contribution >= 0.6 is 21.6 Å². The van der Waals surface area contributed by atoms with Crippen LogP contribution in [0.1, 0.15) is 85.8 Å². The van der Waals surface area contributed by atoms with E-state index in [1.54, 1.807) is 45.3 Å². The first-order valence-electron chi connectivity index (χ1n) is 20.2. The summed E-state index contributed by atoms with van der Waals surface area (Å²) < 4.78 is 3.79. The molecule has 0 aromatic heterocycles. The van der Waals surface area contributed by atoms with E-state index in [4.69, 9.17) is 10.5 Å². The van der Waals surface area contributed by atoms with Gasteiger partial charge in [0, 0.05) is 29.3 Å². The molecule has 0 fully saturated rings. The van der Waals surface area contributed by atoms with E-state index in [9.17, 15) is 28.8 Å². The maximum atomic E-state index is 14.6. The fraction of sp³-hybridized carbons (Fsp3) is 0.511. The first kappa shape index (κ1) is 49.9. The predicted molar refractivity (Wildman–Crippen MR) is 243 cm³/mol. The van der Waals surface area contributed by atoms with E-state index in [2.05, 4.69) is 26.6 Å². The average molecular weight is 865 g/mol. The van der Waals surface area contributed by atoms with Gasteiger partial charge < -0.3 is 37.1 Å². The molecule has 3 aromatic carbocycles. The number of nitrogens with two attached hydrogens (primary N) is 1. The van der Waals surface area contributed by atoms with Crippen molar-refractivity contribution in [2.75, 3.05) is 20.7 Å². The van der Waals surface area contributed by atoms with Crippen molar-refractivity contribution in [2.24, 2.45) is 5.73 Å². The zero-order valence-electron chi connectivity index (χ0n) is 36.7. The number of Topliss-reactive ketones (excluding diaryl/α,β-unsaturated/α-hetero) is 2. The molecule has 0 saturated carbocycles. The minimum Gasteiger partial charge on any atom is -0.497 e. The van der Waals surface area contributed by atoms with Gasteiger partial charge in [-0.05, 0) is 115 Å². The number of hydrogen-bond donors (Lipinski definition) is 6. The Hall–Kier alpha value is -4.44. The zero-order valence-corrected chi connectivity index (χ0v) is 38.3. The third kappa shape index (κ3) is 14.3. The number of fused-ring (bicyclic) bond motifs is 1. The summed E-state index contributed by atoms with van der Waals surface area (Å²) in [6.07, 6.45) is 1.86. The van der Waals surface area contributed by atoms with Gasteiger partial charge >= 0.3 is 0 Å². The maximum Gasteiger partial charge on any atom is 0.243 e. The second-order valence-electron chi connectivity index (χ2n) is 16.5. The number of rotatable bonds is 24. The molecule has 5 atom stereocenters. The summed E-state index contributed by atoms with van der Waals surface area (Å²) in [5, 5.41) is 16.7. The lowest BCUT2D eigenvalue weighted by atomic mass is 9.89. The van der Waals surface area contributed by atoms with Crippen LogP contribution in [0.5, 0.6) is 5.75 Å². The van der Waals surface area contributed by atoms with E-state index < -0.39 is 56.9 Å². The third-order valence-corrected chi connectivity index (χ3v) is 14.8. The molecule has 3 rings (SSSR count). The summed E-state index contributed by atoms with van der Waals surface area (Å²) in [5.74, 6) is -1.72. The van der Waals surface area contributed by atoms with Gasteiger partial charge in [-0.2, -0.15) is 0 Å². The highest BCUT2D eigenvalue weighted by Gasteiger charge is 2.42. The molecule has 60 heavy (non-hydrogen) atoms. The van der Waals surface area contributed by atoms with E-state index in [0.29, 0.717) is 31.6 Å². The summed E-state index contributed by atoms with van der Waals surface area (Å²) in [6, 6.07) is 16.9. The van der Waals surface area contributed by atoms with Crippen LogP contribution in [0.15, 0.2) is 66.7 Å². The fourth-order valence-corrected chi connectivity index (χ4v) is 9.86. The lowest BCUT2D eigenvalue weighted by Gasteiger charge is -2.38. The summed E-state index contributed by atoms with van der Waals surface area (Å²) in [6.45, 7) is 13.8. The van der Waals surface area contributed by atoms with Gasteiger partial charge in [0.15, 0.2) is 11.6 Å². The molecule has 0 saturated heterocycles. The van der Waals surface area contributed by atoms with Gasteiger partial charge in [-0.1, -0.05) is 76.2 Å². The summed E-state index contributed by atoms with van der Waals surface area (Å²) in [4.78, 5) is 80.6. The minimum absolute atomic E-state index is 0.0823. The van der Waals surface area contributed by atoms with E-state index >= 15 is 0 Å². The number of methoxy groups -OCH3 is 1. The zero-order chi connectivity index (χ0) is 44.8. The Morgan fingerprint density at radius 1 is 0.683 bits per heavy atom. The molecule has 15 heteroatoms. The number of likely N-dealkylation sites (N-methyl/N-ethyl adjacent to an activating group) is 1. The molecule has 328 valence electrons. The van der Waals surface area contributed by atoms with Crippen molar-refractivity contribution in [3.63, 3.8) is 0 Å². The molecule has 0 bridgehead atoms. The molecule has 0 radical (unpaired) electrons. The molecule has 0 aliphatic rings. The molecular formula is C45H64N6O7S2. The van der Waals surface area contributed by atoms with E-state index in [1.807, 2.05) is 70.2 Å². The lowest BCUT2D eigenvalue weighted by Crippen LogP contribution is -2.61. The summed E-state index contributed by atoms with van der Waals surface area (Å²) in [5.41, 5.74) is 6.05. The monoisotopic (exact) mass is 864 g/mol. The van der Waals surface area contributed by atoms with Crippen molar-refractivity contribution in [3.8, 4) is 5.75 Å². The number of ketones is 2. The number of nitrogens with one attached hydrogen (secondary N) is 5. The quantitative estimate of drug-likeness (QED) is 0.0534. The van der Waals surface area contributed by atoms with Gasteiger partial charge in [0.05, 0.1) is 12.6 Å². The van der Waals surface area contributed by atoms with Gasteiger partial charge in [0.25, 0.3) is 0 Å². The number of hydrogen-bond acceptors (Lipinski definition) is 11. The Balaban J connectivity index is 1.98. The smallest absolute Gasteiger partial charge is 0.243 e. The highest BCUT2D eigenvalue weighted by molar-refractivity contribution is 8.77. The van der Waals surface area contributed by atoms with Crippen molar-refractivity contribution in [1.29, 1.82) is 0 Å². The highest BCUT2D eigenvalue weighted by Crippen LogP contribution is 2.46. The van der Waals surface area contributed by atoms with E-state index in [-0.39, 0.29) is 30.3 Å². The number of unbranched alkanes of at least 4 members (excludes halogenated alkanes) is 1. The molecule has 3 aromatic rings. The molecule has 0 spiro atoms. The number of amides is 4. The SMILES string of the molecule is CN[C@H](C(=O)N[C@@H](Cc1ccc(OC)cc1)C(=O)N[C@@H](Cc1ccc2ccccc2c1)C(=O)N[C@@](C)(CCCCN)C(C)=O)C(C)(C)SSC(C)(C)[C@H](NC(C)=O)C(C)=O. The molecule has 0 aliphatic heterocycles. The first-order chi connectivity index (χ1) is 28.2. The maximum absolute atomic E-state index is 14.6. The van der Waals surface area contributed by atoms with Crippen molar-refractivity contribution in [2.45, 2.75) is 127 Å². The van der Waals surface area contributed by atoms with Gasteiger partial charge in [0.1, 0.15) is 29.9 Å². The standard InChI is InChI=1S/C45H64N6O7S2/c1-28(52)38(48-30(3)54)43(4,5)59-60-44(6,7)39(47-9)42(57)50-36(26-31-18-21-35(58-10)22-19-31)40(55)49-37(27-32-17-20-33-15-11-12-16-34(33)25-32)41(56)51-45(8,29(2)53)23-13-14-24-46/h11-12,15-22,25,36-39,47H,13-14,23-24,26-27,46H2,1-10H3,(H,48,54)(H,49,55)(H,50,57)(H,51,56)/t36-,37-,38+,39+,45-/m0/s1. The van der Waals surface area contributed by atoms with Crippen molar-refractivity contribution in [3.05, 3.63) is 77.9 Å². The average Bonchev–Trinajstić information content (AvgIpc) is 3.19. The number of carbonyl (C=O) groups excluding carboxylic acids is 6. The third-order valence-electron chi connectivity index (χ3n) is 10.6. The van der Waals surface area contributed by atoms with Crippen LogP contribution in [0.25, 0.3) is 10.8 Å². The van der Waals surface area contributed by atoms with Gasteiger partial charge in [-0.3, -0.25) is 28.8 Å². The van der Waals surface area contributed by atoms with Crippen LogP contribution in [0.2, 0.25) is 0 Å². The number of benzene rings is 3. The predicted octanol–water partition coefficient (Wildman–Crippen LogP) is 4.82. The second kappa shape index (κ2) is 22.4. The Morgan fingerprint density at radius 3 is 1.78 bits per heavy atom. The molecule has 0 unspecified atom stereocenters. The normalized spacial score (nSPS) is 14.8. The van der Waals surface area contributed by atoms with Gasteiger partial charge in [-0.25, -0.2) is 0 Å². The van der Waals surface area contributed by atoms with Crippen LogP contribution in [0.4, 0.5) is 0 Å². The van der Waals surface area contributed by atoms with Gasteiger partial charge in [-0.15, -0.1) is 0 Å². The fourth-order valence-electron chi connectivity index (χ4n) is 6.93. The largest absolute Gasteiger partial charge is 0.497 e. The Labute approximate surface area is 363 Å². The topological polar surface area (TPSA) is 198 Å². The number of ether oxygens (including phenoxy) is 1. The van der Waals surface area contributed by atoms with Crippen LogP contribution in [-0.4, -0.2) is 95.1 Å². The summed E-state index contributed by atoms with van der Waals surface area (Å²) in [7, 11) is 5.97. The molecule has 0 heterocycles. The molecule has 7 N–H and O–H groups in total. The summed E-state index contributed by atoms with van der Waals surface area (Å²) >= 11 is 0. The molecule has 0 aliphatic carbocycles. The Kier molecular flexibility index (Phi) is 18.6. The van der Waals surface area contributed by atoms with E-state index in [0.717, 1.165) is 21.9 Å². The van der Waals surface area contributed by atoms with Crippen molar-refractivity contribution < 1.29 is 33.5 Å². The van der Waals surface area contributed by atoms with Crippen LogP contribution in [-0.2, 0) is 41.6 Å². The second-order valence-corrected chi connectivity index (χ2v) is 20.0. The first-order valence-corrected chi connectivity index (χ1v) is 22.4. The highest BCUT2D eigenvalue weighted by atomic mass is 33.1. The van der Waals surface area contributed by atoms with Crippen molar-refractivity contribution >= 4 is 67.6 Å². The Bertz CT molecular complexity index is 1970. The lowest BCUT2D eigenvalue weighted by molar-refractivity contribution is -0.135. The number of carbonyl (C=O) groups is 6. The van der Waals surface area contributed by atoms with Crippen molar-refractivity contribution in [1.82, 2.24) is 26.6 Å². The van der Waals surface area contributed by atoms with Crippen LogP contribution in [0, 0.1) is 0 Å². The van der Waals surface area contributed by atoms with E-state index in [1.165, 1.54) is 42.4 Å². The van der Waals surface area contributed by atoms with Gasteiger partial charge in [0.2, 0.25) is 23.6 Å². The van der Waals surface area contributed by atoms with Crippen LogP contribution < -0.4 is 37.1 Å². The molecule has 4 amide bonds. The molecular weight excluding hydrogens is 801 g/mol.